The quantitative estimate of drug-likeness (QED) is 0.929. The number of rotatable bonds is 3. The molecule has 0 spiro atoms. The van der Waals surface area contributed by atoms with Gasteiger partial charge in [-0.25, -0.2) is 13.1 Å². The molecule has 6 nitrogen and oxygen atoms in total. The molecule has 0 amide bonds. The van der Waals surface area contributed by atoms with Gasteiger partial charge in [0.2, 0.25) is 0 Å². The minimum atomic E-state index is -2.96. The normalized spacial score (nSPS) is 21.1. The summed E-state index contributed by atoms with van der Waals surface area (Å²) in [6.45, 7) is 0. The highest BCUT2D eigenvalue weighted by molar-refractivity contribution is 7.91. The highest BCUT2D eigenvalue weighted by atomic mass is 32.2. The van der Waals surface area contributed by atoms with E-state index in [2.05, 4.69) is 5.10 Å². The van der Waals surface area contributed by atoms with E-state index in [9.17, 15) is 8.42 Å². The fraction of sp³-hybridized carbons (Fsp3) is 0.417. The first-order chi connectivity index (χ1) is 9.50. The number of nitrogens with zero attached hydrogens (tertiary/aromatic N) is 2. The lowest BCUT2D eigenvalue weighted by Gasteiger charge is -2.09. The number of thiophene rings is 1. The average Bonchev–Trinajstić information content (AvgIpc) is 3.06. The predicted octanol–water partition coefficient (Wildman–Crippen LogP) is 1.56. The lowest BCUT2D eigenvalue weighted by Crippen LogP contribution is -2.14. The van der Waals surface area contributed by atoms with Gasteiger partial charge in [0.1, 0.15) is 17.3 Å². The lowest BCUT2D eigenvalue weighted by atomic mass is 10.3. The zero-order chi connectivity index (χ0) is 14.3. The van der Waals surface area contributed by atoms with E-state index in [4.69, 9.17) is 10.5 Å². The van der Waals surface area contributed by atoms with Crippen molar-refractivity contribution in [3.05, 3.63) is 17.5 Å². The highest BCUT2D eigenvalue weighted by Crippen LogP contribution is 2.36. The predicted molar refractivity (Wildman–Crippen MR) is 78.8 cm³/mol. The van der Waals surface area contributed by atoms with Crippen LogP contribution in [0.4, 0.5) is 5.82 Å². The fourth-order valence-corrected chi connectivity index (χ4v) is 4.93. The van der Waals surface area contributed by atoms with Crippen LogP contribution in [-0.2, 0) is 9.84 Å². The molecule has 1 aliphatic rings. The summed E-state index contributed by atoms with van der Waals surface area (Å²) in [6, 6.07) is 3.47. The fourth-order valence-electron chi connectivity index (χ4n) is 2.43. The third kappa shape index (κ3) is 2.29. The summed E-state index contributed by atoms with van der Waals surface area (Å²) in [5, 5.41) is 6.39. The van der Waals surface area contributed by atoms with Crippen LogP contribution in [0.2, 0.25) is 0 Å². The first kappa shape index (κ1) is 13.4. The van der Waals surface area contributed by atoms with E-state index < -0.39 is 9.84 Å². The number of hydrogen-bond acceptors (Lipinski definition) is 6. The molecule has 1 unspecified atom stereocenters. The van der Waals surface area contributed by atoms with Gasteiger partial charge >= 0.3 is 0 Å². The topological polar surface area (TPSA) is 87.2 Å². The van der Waals surface area contributed by atoms with Crippen molar-refractivity contribution in [1.82, 2.24) is 9.78 Å². The van der Waals surface area contributed by atoms with Gasteiger partial charge in [-0.2, -0.15) is 5.10 Å². The molecule has 1 aliphatic heterocycles. The largest absolute Gasteiger partial charge is 0.495 e. The van der Waals surface area contributed by atoms with E-state index in [-0.39, 0.29) is 17.5 Å². The van der Waals surface area contributed by atoms with Gasteiger partial charge < -0.3 is 10.5 Å². The van der Waals surface area contributed by atoms with Gasteiger partial charge in [0.15, 0.2) is 9.84 Å². The number of nitrogens with two attached hydrogens (primary N) is 1. The first-order valence-electron chi connectivity index (χ1n) is 6.17. The maximum absolute atomic E-state index is 11.6. The zero-order valence-corrected chi connectivity index (χ0v) is 12.6. The molecular weight excluding hydrogens is 298 g/mol. The van der Waals surface area contributed by atoms with Crippen LogP contribution in [0.1, 0.15) is 12.5 Å². The van der Waals surface area contributed by atoms with Gasteiger partial charge in [-0.1, -0.05) is 0 Å². The molecule has 2 aromatic heterocycles. The van der Waals surface area contributed by atoms with Crippen molar-refractivity contribution in [3.8, 4) is 16.3 Å². The van der Waals surface area contributed by atoms with Crippen molar-refractivity contribution in [2.75, 3.05) is 24.3 Å². The maximum Gasteiger partial charge on any atom is 0.152 e. The molecule has 1 atom stereocenters. The van der Waals surface area contributed by atoms with Crippen LogP contribution >= 0.6 is 11.3 Å². The minimum Gasteiger partial charge on any atom is -0.495 e. The zero-order valence-electron chi connectivity index (χ0n) is 10.9. The van der Waals surface area contributed by atoms with Crippen molar-refractivity contribution in [2.24, 2.45) is 0 Å². The Bertz CT molecular complexity index is 733. The van der Waals surface area contributed by atoms with Crippen molar-refractivity contribution >= 4 is 27.0 Å². The average molecular weight is 313 g/mol. The minimum absolute atomic E-state index is 0.111. The molecule has 1 saturated heterocycles. The van der Waals surface area contributed by atoms with Gasteiger partial charge in [-0.3, -0.25) is 0 Å². The van der Waals surface area contributed by atoms with Crippen LogP contribution < -0.4 is 10.5 Å². The summed E-state index contributed by atoms with van der Waals surface area (Å²) < 4.78 is 30.0. The summed E-state index contributed by atoms with van der Waals surface area (Å²) in [7, 11) is -1.35. The standard InChI is InChI=1S/C12H15N3O3S2/c1-18-10-2-4-19-12(10)9-6-11(13)15(14-9)8-3-5-20(16,17)7-8/h2,4,6,8H,3,5,7,13H2,1H3. The molecule has 108 valence electrons. The Morgan fingerprint density at radius 3 is 3.00 bits per heavy atom. The number of aromatic nitrogens is 2. The first-order valence-corrected chi connectivity index (χ1v) is 8.87. The smallest absolute Gasteiger partial charge is 0.152 e. The summed E-state index contributed by atoms with van der Waals surface area (Å²) >= 11 is 1.52. The molecule has 8 heteroatoms. The highest BCUT2D eigenvalue weighted by Gasteiger charge is 2.31. The third-order valence-electron chi connectivity index (χ3n) is 3.40. The second-order valence-corrected chi connectivity index (χ2v) is 7.92. The van der Waals surface area contributed by atoms with Gasteiger partial charge in [0.25, 0.3) is 0 Å². The van der Waals surface area contributed by atoms with Crippen LogP contribution in [0.5, 0.6) is 5.75 Å². The molecular formula is C12H15N3O3S2. The number of anilines is 1. The number of hydrogen-bond donors (Lipinski definition) is 1. The van der Waals surface area contributed by atoms with Gasteiger partial charge in [-0.15, -0.1) is 11.3 Å². The molecule has 2 aromatic rings. The van der Waals surface area contributed by atoms with Crippen molar-refractivity contribution < 1.29 is 13.2 Å². The van der Waals surface area contributed by atoms with Crippen LogP contribution in [0.15, 0.2) is 17.5 Å². The lowest BCUT2D eigenvalue weighted by molar-refractivity contribution is 0.418. The van der Waals surface area contributed by atoms with Crippen LogP contribution in [0, 0.1) is 0 Å². The Labute approximate surface area is 121 Å². The second kappa shape index (κ2) is 4.78. The number of ether oxygens (including phenoxy) is 1. The molecule has 1 fully saturated rings. The molecule has 0 saturated carbocycles. The third-order valence-corrected chi connectivity index (χ3v) is 6.07. The molecule has 20 heavy (non-hydrogen) atoms. The van der Waals surface area contributed by atoms with E-state index in [1.54, 1.807) is 17.9 Å². The summed E-state index contributed by atoms with van der Waals surface area (Å²) in [5.41, 5.74) is 6.70. The summed E-state index contributed by atoms with van der Waals surface area (Å²) in [5.74, 6) is 1.55. The Hall–Kier alpha value is -1.54. The van der Waals surface area contributed by atoms with E-state index in [0.717, 1.165) is 16.3 Å². The molecule has 0 aromatic carbocycles. The van der Waals surface area contributed by atoms with Crippen molar-refractivity contribution in [3.63, 3.8) is 0 Å². The molecule has 2 N–H and O–H groups in total. The van der Waals surface area contributed by atoms with E-state index in [1.165, 1.54) is 11.3 Å². The van der Waals surface area contributed by atoms with Crippen LogP contribution in [-0.4, -0.2) is 36.8 Å². The van der Waals surface area contributed by atoms with Crippen LogP contribution in [0.3, 0.4) is 0 Å². The Kier molecular flexibility index (Phi) is 3.21. The molecule has 0 bridgehead atoms. The van der Waals surface area contributed by atoms with E-state index in [0.29, 0.717) is 12.2 Å². The van der Waals surface area contributed by atoms with Crippen LogP contribution in [0.25, 0.3) is 10.6 Å². The number of methoxy groups -OCH3 is 1. The maximum atomic E-state index is 11.6. The van der Waals surface area contributed by atoms with Gasteiger partial charge in [-0.05, 0) is 17.9 Å². The molecule has 0 aliphatic carbocycles. The molecule has 3 heterocycles. The van der Waals surface area contributed by atoms with Gasteiger partial charge in [0, 0.05) is 6.07 Å². The number of sulfone groups is 1. The van der Waals surface area contributed by atoms with E-state index >= 15 is 0 Å². The molecule has 3 rings (SSSR count). The van der Waals surface area contributed by atoms with Crippen molar-refractivity contribution in [2.45, 2.75) is 12.5 Å². The Morgan fingerprint density at radius 2 is 2.35 bits per heavy atom. The van der Waals surface area contributed by atoms with E-state index in [1.807, 2.05) is 11.4 Å². The summed E-state index contributed by atoms with van der Waals surface area (Å²) in [4.78, 5) is 0.902. The monoisotopic (exact) mass is 313 g/mol. The summed E-state index contributed by atoms with van der Waals surface area (Å²) in [6.07, 6.45) is 0.565. The molecule has 0 radical (unpaired) electrons. The van der Waals surface area contributed by atoms with Gasteiger partial charge in [0.05, 0.1) is 29.5 Å². The van der Waals surface area contributed by atoms with Crippen molar-refractivity contribution in [1.29, 1.82) is 0 Å². The second-order valence-electron chi connectivity index (χ2n) is 4.77. The Morgan fingerprint density at radius 1 is 1.55 bits per heavy atom. The SMILES string of the molecule is COc1ccsc1-c1cc(N)n(C2CCS(=O)(=O)C2)n1. The Balaban J connectivity index is 1.96. The number of nitrogen functional groups attached to an aromatic ring is 1.